The van der Waals surface area contributed by atoms with Crippen molar-refractivity contribution in [2.45, 2.75) is 26.4 Å². The molecule has 0 fully saturated rings. The van der Waals surface area contributed by atoms with Crippen molar-refractivity contribution in [2.75, 3.05) is 6.54 Å². The lowest BCUT2D eigenvalue weighted by atomic mass is 10.1. The fraction of sp³-hybridized carbons (Fsp3) is 0.312. The van der Waals surface area contributed by atoms with Crippen LogP contribution >= 0.6 is 11.6 Å². The number of hydrogen-bond acceptors (Lipinski definition) is 3. The van der Waals surface area contributed by atoms with Gasteiger partial charge in [0.2, 0.25) is 0 Å². The van der Waals surface area contributed by atoms with Gasteiger partial charge in [-0.25, -0.2) is 0 Å². The molecule has 0 aliphatic carbocycles. The Morgan fingerprint density at radius 3 is 2.76 bits per heavy atom. The first kappa shape index (κ1) is 15.6. The Bertz CT molecular complexity index is 636. The van der Waals surface area contributed by atoms with E-state index < -0.39 is 6.10 Å². The molecule has 2 rings (SSSR count). The summed E-state index contributed by atoms with van der Waals surface area (Å²) in [4.78, 5) is 12.0. The van der Waals surface area contributed by atoms with Crippen LogP contribution < -0.4 is 5.32 Å². The second kappa shape index (κ2) is 6.78. The van der Waals surface area contributed by atoms with Crippen molar-refractivity contribution >= 4 is 17.5 Å². The van der Waals surface area contributed by atoms with Crippen molar-refractivity contribution in [3.8, 4) is 0 Å². The predicted molar refractivity (Wildman–Crippen MR) is 81.5 cm³/mol. The van der Waals surface area contributed by atoms with Crippen LogP contribution in [0.3, 0.4) is 0 Å². The Morgan fingerprint density at radius 1 is 1.38 bits per heavy atom. The number of carbonyl (C=O) groups is 1. The number of halogens is 1. The average molecular weight is 308 g/mol. The Kier molecular flexibility index (Phi) is 5.04. The Labute approximate surface area is 128 Å². The molecule has 0 radical (unpaired) electrons. The van der Waals surface area contributed by atoms with E-state index in [0.717, 1.165) is 5.56 Å². The zero-order valence-electron chi connectivity index (χ0n) is 12.0. The molecule has 5 heteroatoms. The van der Waals surface area contributed by atoms with E-state index in [0.29, 0.717) is 35.1 Å². The maximum Gasteiger partial charge on any atom is 0.254 e. The number of aliphatic hydroxyl groups is 1. The number of rotatable bonds is 5. The summed E-state index contributed by atoms with van der Waals surface area (Å²) in [5.41, 5.74) is 1.27. The summed E-state index contributed by atoms with van der Waals surface area (Å²) in [5, 5.41) is 13.4. The quantitative estimate of drug-likeness (QED) is 0.890. The van der Waals surface area contributed by atoms with E-state index in [1.165, 1.54) is 0 Å². The minimum absolute atomic E-state index is 0.192. The van der Waals surface area contributed by atoms with Gasteiger partial charge in [0.25, 0.3) is 5.91 Å². The van der Waals surface area contributed by atoms with Crippen molar-refractivity contribution in [3.05, 3.63) is 58.0 Å². The molecule has 0 spiro atoms. The number of nitrogens with one attached hydrogen (secondary N) is 1. The number of aryl methyl sites for hydroxylation is 2. The number of aliphatic hydroxyl groups excluding tert-OH is 1. The molecule has 0 unspecified atom stereocenters. The number of amides is 1. The fourth-order valence-corrected chi connectivity index (χ4v) is 2.35. The van der Waals surface area contributed by atoms with Crippen LogP contribution in [0.15, 0.2) is 34.7 Å². The summed E-state index contributed by atoms with van der Waals surface area (Å²) in [6.07, 6.45) is -0.238. The molecule has 2 N–H and O–H groups in total. The second-order valence-electron chi connectivity index (χ2n) is 4.94. The third-order valence-electron chi connectivity index (χ3n) is 3.22. The molecule has 1 amide bonds. The molecular weight excluding hydrogens is 290 g/mol. The Morgan fingerprint density at radius 2 is 2.14 bits per heavy atom. The van der Waals surface area contributed by atoms with Gasteiger partial charge >= 0.3 is 0 Å². The van der Waals surface area contributed by atoms with E-state index in [1.54, 1.807) is 38.1 Å². The zero-order valence-corrected chi connectivity index (χ0v) is 12.8. The number of furan rings is 1. The van der Waals surface area contributed by atoms with Gasteiger partial charge in [0.05, 0.1) is 11.7 Å². The van der Waals surface area contributed by atoms with Crippen molar-refractivity contribution in [2.24, 2.45) is 0 Å². The predicted octanol–water partition coefficient (Wildman–Crippen LogP) is 3.40. The van der Waals surface area contributed by atoms with Crippen LogP contribution in [-0.4, -0.2) is 17.6 Å². The van der Waals surface area contributed by atoms with Crippen LogP contribution in [0.2, 0.25) is 5.02 Å². The molecule has 2 aromatic rings. The van der Waals surface area contributed by atoms with Gasteiger partial charge in [-0.15, -0.1) is 0 Å². The van der Waals surface area contributed by atoms with Crippen LogP contribution in [0.4, 0.5) is 0 Å². The number of benzene rings is 1. The van der Waals surface area contributed by atoms with Gasteiger partial charge in [-0.2, -0.15) is 0 Å². The van der Waals surface area contributed by atoms with Gasteiger partial charge in [0.15, 0.2) is 0 Å². The zero-order chi connectivity index (χ0) is 15.4. The molecule has 0 saturated heterocycles. The molecule has 0 aliphatic rings. The average Bonchev–Trinajstić information content (AvgIpc) is 2.77. The normalized spacial score (nSPS) is 12.2. The van der Waals surface area contributed by atoms with Gasteiger partial charge in [-0.05, 0) is 44.0 Å². The van der Waals surface area contributed by atoms with Gasteiger partial charge in [-0.3, -0.25) is 4.79 Å². The Balaban J connectivity index is 1.87. The SMILES string of the molecule is Cc1cc(C(=O)NCC[C@@H](O)c2cccc(Cl)c2)c(C)o1. The number of carbonyl (C=O) groups excluding carboxylic acids is 1. The van der Waals surface area contributed by atoms with Gasteiger partial charge in [0, 0.05) is 11.6 Å². The molecule has 0 bridgehead atoms. The van der Waals surface area contributed by atoms with E-state index in [9.17, 15) is 9.90 Å². The standard InChI is InChI=1S/C16H18ClNO3/c1-10-8-14(11(2)21-10)16(20)18-7-6-15(19)12-4-3-5-13(17)9-12/h3-5,8-9,15,19H,6-7H2,1-2H3,(H,18,20)/t15-/m1/s1. The summed E-state index contributed by atoms with van der Waals surface area (Å²) >= 11 is 5.88. The lowest BCUT2D eigenvalue weighted by molar-refractivity contribution is 0.0941. The highest BCUT2D eigenvalue weighted by atomic mass is 35.5. The molecule has 1 atom stereocenters. The molecule has 112 valence electrons. The first-order valence-corrected chi connectivity index (χ1v) is 7.14. The van der Waals surface area contributed by atoms with Crippen LogP contribution in [0.5, 0.6) is 0 Å². The minimum atomic E-state index is -0.656. The largest absolute Gasteiger partial charge is 0.466 e. The minimum Gasteiger partial charge on any atom is -0.466 e. The fourth-order valence-electron chi connectivity index (χ4n) is 2.15. The van der Waals surface area contributed by atoms with Crippen LogP contribution in [0.1, 0.15) is 40.0 Å². The Hall–Kier alpha value is -1.78. The maximum atomic E-state index is 12.0. The third-order valence-corrected chi connectivity index (χ3v) is 3.46. The molecule has 1 aromatic heterocycles. The van der Waals surface area contributed by atoms with Gasteiger partial charge < -0.3 is 14.8 Å². The van der Waals surface area contributed by atoms with Gasteiger partial charge in [-0.1, -0.05) is 23.7 Å². The van der Waals surface area contributed by atoms with Crippen molar-refractivity contribution in [1.29, 1.82) is 0 Å². The van der Waals surface area contributed by atoms with Gasteiger partial charge in [0.1, 0.15) is 11.5 Å². The molecule has 1 heterocycles. The molecule has 0 saturated carbocycles. The lowest BCUT2D eigenvalue weighted by Crippen LogP contribution is -2.25. The van der Waals surface area contributed by atoms with Crippen molar-refractivity contribution in [1.82, 2.24) is 5.32 Å². The smallest absolute Gasteiger partial charge is 0.254 e. The van der Waals surface area contributed by atoms with Crippen LogP contribution in [0.25, 0.3) is 0 Å². The summed E-state index contributed by atoms with van der Waals surface area (Å²) in [6.45, 7) is 3.92. The van der Waals surface area contributed by atoms with E-state index in [4.69, 9.17) is 16.0 Å². The highest BCUT2D eigenvalue weighted by Crippen LogP contribution is 2.20. The lowest BCUT2D eigenvalue weighted by Gasteiger charge is -2.11. The highest BCUT2D eigenvalue weighted by molar-refractivity contribution is 6.30. The molecule has 21 heavy (non-hydrogen) atoms. The van der Waals surface area contributed by atoms with Crippen LogP contribution in [-0.2, 0) is 0 Å². The first-order chi connectivity index (χ1) is 9.97. The van der Waals surface area contributed by atoms with E-state index in [-0.39, 0.29) is 5.91 Å². The molecule has 0 aliphatic heterocycles. The number of hydrogen-bond donors (Lipinski definition) is 2. The van der Waals surface area contributed by atoms with Crippen LogP contribution in [0, 0.1) is 13.8 Å². The first-order valence-electron chi connectivity index (χ1n) is 6.76. The van der Waals surface area contributed by atoms with E-state index >= 15 is 0 Å². The molecule has 4 nitrogen and oxygen atoms in total. The third kappa shape index (κ3) is 4.09. The summed E-state index contributed by atoms with van der Waals surface area (Å²) in [5.74, 6) is 1.11. The second-order valence-corrected chi connectivity index (χ2v) is 5.38. The monoisotopic (exact) mass is 307 g/mol. The molecular formula is C16H18ClNO3. The maximum absolute atomic E-state index is 12.0. The summed E-state index contributed by atoms with van der Waals surface area (Å²) in [6, 6.07) is 8.78. The van der Waals surface area contributed by atoms with Crippen molar-refractivity contribution in [3.63, 3.8) is 0 Å². The van der Waals surface area contributed by atoms with E-state index in [2.05, 4.69) is 5.32 Å². The van der Waals surface area contributed by atoms with E-state index in [1.807, 2.05) is 6.07 Å². The molecule has 1 aromatic carbocycles. The topological polar surface area (TPSA) is 62.5 Å². The highest BCUT2D eigenvalue weighted by Gasteiger charge is 2.14. The van der Waals surface area contributed by atoms with Crippen molar-refractivity contribution < 1.29 is 14.3 Å². The summed E-state index contributed by atoms with van der Waals surface area (Å²) < 4.78 is 5.32. The summed E-state index contributed by atoms with van der Waals surface area (Å²) in [7, 11) is 0.